The van der Waals surface area contributed by atoms with Crippen LogP contribution in [0.25, 0.3) is 0 Å². The van der Waals surface area contributed by atoms with Crippen LogP contribution in [0.5, 0.6) is 0 Å². The van der Waals surface area contributed by atoms with Gasteiger partial charge in [0.1, 0.15) is 0 Å². The number of hydrogen-bond donors (Lipinski definition) is 2. The molecular formula is C12H17NOS. The van der Waals surface area contributed by atoms with E-state index in [0.717, 1.165) is 37.5 Å². The topological polar surface area (TPSA) is 35.2 Å². The predicted molar refractivity (Wildman–Crippen MR) is 66.4 cm³/mol. The van der Waals surface area contributed by atoms with Crippen molar-refractivity contribution < 1.29 is 4.74 Å². The highest BCUT2D eigenvalue weighted by molar-refractivity contribution is 7.80. The zero-order chi connectivity index (χ0) is 10.7. The van der Waals surface area contributed by atoms with Crippen molar-refractivity contribution in [2.45, 2.75) is 18.3 Å². The Morgan fingerprint density at radius 1 is 1.33 bits per heavy atom. The van der Waals surface area contributed by atoms with Gasteiger partial charge in [-0.3, -0.25) is 0 Å². The van der Waals surface area contributed by atoms with E-state index in [1.807, 2.05) is 12.1 Å². The van der Waals surface area contributed by atoms with Crippen LogP contribution in [0, 0.1) is 0 Å². The van der Waals surface area contributed by atoms with Crippen molar-refractivity contribution in [2.75, 3.05) is 24.7 Å². The van der Waals surface area contributed by atoms with Crippen molar-refractivity contribution in [3.63, 3.8) is 0 Å². The summed E-state index contributed by atoms with van der Waals surface area (Å²) in [5.74, 6) is 0.861. The maximum atomic E-state index is 5.82. The summed E-state index contributed by atoms with van der Waals surface area (Å²) in [6.45, 7) is 1.66. The molecular weight excluding hydrogens is 206 g/mol. The summed E-state index contributed by atoms with van der Waals surface area (Å²) in [6, 6.07) is 8.17. The van der Waals surface area contributed by atoms with Crippen molar-refractivity contribution >= 4 is 18.3 Å². The van der Waals surface area contributed by atoms with Gasteiger partial charge in [0, 0.05) is 30.1 Å². The van der Waals surface area contributed by atoms with Gasteiger partial charge in [-0.05, 0) is 30.5 Å². The zero-order valence-electron chi connectivity index (χ0n) is 8.78. The molecule has 0 atom stereocenters. The lowest BCUT2D eigenvalue weighted by Gasteiger charge is -2.36. The maximum absolute atomic E-state index is 5.82. The summed E-state index contributed by atoms with van der Waals surface area (Å²) in [5, 5.41) is 0. The van der Waals surface area contributed by atoms with Gasteiger partial charge in [-0.15, -0.1) is 0 Å². The standard InChI is InChI=1S/C12H17NOS/c13-11-3-1-2-10(8-11)12(9-15)4-6-14-7-5-12/h1-3,8,15H,4-7,9,13H2. The van der Waals surface area contributed by atoms with Gasteiger partial charge >= 0.3 is 0 Å². The normalized spacial score (nSPS) is 20.1. The van der Waals surface area contributed by atoms with Crippen LogP contribution >= 0.6 is 12.6 Å². The van der Waals surface area contributed by atoms with E-state index in [4.69, 9.17) is 10.5 Å². The number of thiol groups is 1. The van der Waals surface area contributed by atoms with E-state index in [0.29, 0.717) is 0 Å². The lowest BCUT2D eigenvalue weighted by Crippen LogP contribution is -2.35. The quantitative estimate of drug-likeness (QED) is 0.596. The molecule has 0 spiro atoms. The van der Waals surface area contributed by atoms with Crippen LogP contribution in [0.2, 0.25) is 0 Å². The van der Waals surface area contributed by atoms with E-state index < -0.39 is 0 Å². The first-order valence-corrected chi connectivity index (χ1v) is 5.95. The zero-order valence-corrected chi connectivity index (χ0v) is 9.67. The third-order valence-electron chi connectivity index (χ3n) is 3.25. The molecule has 1 saturated heterocycles. The molecule has 1 aromatic rings. The summed E-state index contributed by atoms with van der Waals surface area (Å²) >= 11 is 4.50. The fourth-order valence-electron chi connectivity index (χ4n) is 2.17. The second kappa shape index (κ2) is 4.45. The summed E-state index contributed by atoms with van der Waals surface area (Å²) in [4.78, 5) is 0. The van der Waals surface area contributed by atoms with Crippen LogP contribution < -0.4 is 5.73 Å². The SMILES string of the molecule is Nc1cccc(C2(CS)CCOCC2)c1. The monoisotopic (exact) mass is 223 g/mol. The third kappa shape index (κ3) is 2.13. The molecule has 1 fully saturated rings. The highest BCUT2D eigenvalue weighted by Gasteiger charge is 2.32. The minimum atomic E-state index is 0.163. The molecule has 2 nitrogen and oxygen atoms in total. The molecule has 2 rings (SSSR count). The number of benzene rings is 1. The van der Waals surface area contributed by atoms with Crippen molar-refractivity contribution in [3.8, 4) is 0 Å². The first kappa shape index (κ1) is 10.8. The van der Waals surface area contributed by atoms with Crippen molar-refractivity contribution in [1.82, 2.24) is 0 Å². The minimum absolute atomic E-state index is 0.163. The van der Waals surface area contributed by atoms with Crippen molar-refractivity contribution in [2.24, 2.45) is 0 Å². The molecule has 0 bridgehead atoms. The third-order valence-corrected chi connectivity index (χ3v) is 3.86. The molecule has 3 heteroatoms. The van der Waals surface area contributed by atoms with Crippen LogP contribution in [0.3, 0.4) is 0 Å². The number of anilines is 1. The van der Waals surface area contributed by atoms with Crippen LogP contribution in [0.1, 0.15) is 18.4 Å². The van der Waals surface area contributed by atoms with Gasteiger partial charge in [0.25, 0.3) is 0 Å². The Kier molecular flexibility index (Phi) is 3.22. The van der Waals surface area contributed by atoms with Gasteiger partial charge in [-0.2, -0.15) is 12.6 Å². The van der Waals surface area contributed by atoms with E-state index in [1.165, 1.54) is 5.56 Å². The first-order valence-electron chi connectivity index (χ1n) is 5.31. The Bertz CT molecular complexity index is 334. The van der Waals surface area contributed by atoms with Gasteiger partial charge in [-0.25, -0.2) is 0 Å². The number of nitrogens with two attached hydrogens (primary N) is 1. The Morgan fingerprint density at radius 2 is 2.07 bits per heavy atom. The second-order valence-corrected chi connectivity index (χ2v) is 4.49. The van der Waals surface area contributed by atoms with E-state index in [-0.39, 0.29) is 5.41 Å². The van der Waals surface area contributed by atoms with Gasteiger partial charge in [0.15, 0.2) is 0 Å². The molecule has 82 valence electrons. The molecule has 0 amide bonds. The molecule has 0 saturated carbocycles. The largest absolute Gasteiger partial charge is 0.399 e. The fraction of sp³-hybridized carbons (Fsp3) is 0.500. The van der Waals surface area contributed by atoms with Gasteiger partial charge in [0.05, 0.1) is 0 Å². The molecule has 0 aliphatic carbocycles. The number of rotatable bonds is 2. The van der Waals surface area contributed by atoms with Gasteiger partial charge < -0.3 is 10.5 Å². The average molecular weight is 223 g/mol. The Balaban J connectivity index is 2.32. The number of nitrogen functional groups attached to an aromatic ring is 1. The van der Waals surface area contributed by atoms with E-state index in [1.54, 1.807) is 0 Å². The average Bonchev–Trinajstić information content (AvgIpc) is 2.30. The smallest absolute Gasteiger partial charge is 0.0474 e. The summed E-state index contributed by atoms with van der Waals surface area (Å²) in [6.07, 6.45) is 2.08. The summed E-state index contributed by atoms with van der Waals surface area (Å²) < 4.78 is 5.41. The Morgan fingerprint density at radius 3 is 2.67 bits per heavy atom. The number of ether oxygens (including phenoxy) is 1. The molecule has 15 heavy (non-hydrogen) atoms. The molecule has 1 aromatic carbocycles. The minimum Gasteiger partial charge on any atom is -0.399 e. The summed E-state index contributed by atoms with van der Waals surface area (Å²) in [7, 11) is 0. The molecule has 1 aliphatic rings. The molecule has 0 aromatic heterocycles. The second-order valence-electron chi connectivity index (χ2n) is 4.18. The summed E-state index contributed by atoms with van der Waals surface area (Å²) in [5.41, 5.74) is 8.13. The number of hydrogen-bond acceptors (Lipinski definition) is 3. The van der Waals surface area contributed by atoms with Crippen molar-refractivity contribution in [1.29, 1.82) is 0 Å². The molecule has 1 heterocycles. The van der Waals surface area contributed by atoms with Crippen LogP contribution in [-0.2, 0) is 10.2 Å². The molecule has 1 aliphatic heterocycles. The lowest BCUT2D eigenvalue weighted by atomic mass is 9.76. The molecule has 2 N–H and O–H groups in total. The van der Waals surface area contributed by atoms with E-state index in [2.05, 4.69) is 24.8 Å². The Hall–Kier alpha value is -0.670. The van der Waals surface area contributed by atoms with Gasteiger partial charge in [-0.1, -0.05) is 12.1 Å². The van der Waals surface area contributed by atoms with E-state index >= 15 is 0 Å². The fourth-order valence-corrected chi connectivity index (χ4v) is 2.67. The van der Waals surface area contributed by atoms with E-state index in [9.17, 15) is 0 Å². The van der Waals surface area contributed by atoms with Crippen LogP contribution in [-0.4, -0.2) is 19.0 Å². The molecule has 0 unspecified atom stereocenters. The van der Waals surface area contributed by atoms with Crippen molar-refractivity contribution in [3.05, 3.63) is 29.8 Å². The van der Waals surface area contributed by atoms with Crippen LogP contribution in [0.15, 0.2) is 24.3 Å². The highest BCUT2D eigenvalue weighted by atomic mass is 32.1. The lowest BCUT2D eigenvalue weighted by molar-refractivity contribution is 0.0581. The Labute approximate surface area is 96.2 Å². The predicted octanol–water partition coefficient (Wildman–Crippen LogP) is 2.25. The maximum Gasteiger partial charge on any atom is 0.0474 e. The van der Waals surface area contributed by atoms with Gasteiger partial charge in [0.2, 0.25) is 0 Å². The first-order chi connectivity index (χ1) is 7.27. The van der Waals surface area contributed by atoms with Crippen LogP contribution in [0.4, 0.5) is 5.69 Å². The molecule has 0 radical (unpaired) electrons. The highest BCUT2D eigenvalue weighted by Crippen LogP contribution is 2.36.